The van der Waals surface area contributed by atoms with E-state index in [-0.39, 0.29) is 11.3 Å². The zero-order valence-electron chi connectivity index (χ0n) is 14.9. The van der Waals surface area contributed by atoms with Crippen LogP contribution < -0.4 is 14.8 Å². The first-order valence-corrected chi connectivity index (χ1v) is 8.02. The number of benzene rings is 2. The van der Waals surface area contributed by atoms with Gasteiger partial charge in [0.05, 0.1) is 12.8 Å². The Morgan fingerprint density at radius 2 is 1.75 bits per heavy atom. The maximum Gasteiger partial charge on any atom is 0.265 e. The minimum atomic E-state index is -0.615. The van der Waals surface area contributed by atoms with Gasteiger partial charge in [0, 0.05) is 0 Å². The molecule has 0 aliphatic heterocycles. The Labute approximate surface area is 143 Å². The lowest BCUT2D eigenvalue weighted by Gasteiger charge is -2.22. The first-order chi connectivity index (χ1) is 11.3. The molecule has 0 unspecified atom stereocenters. The summed E-state index contributed by atoms with van der Waals surface area (Å²) in [7, 11) is 1.59. The van der Waals surface area contributed by atoms with E-state index >= 15 is 0 Å². The first-order valence-electron chi connectivity index (χ1n) is 8.02. The zero-order chi connectivity index (χ0) is 17.7. The fourth-order valence-electron chi connectivity index (χ4n) is 2.26. The average Bonchev–Trinajstić information content (AvgIpc) is 2.54. The molecule has 4 heteroatoms. The Morgan fingerprint density at radius 1 is 1.08 bits per heavy atom. The van der Waals surface area contributed by atoms with Gasteiger partial charge in [-0.15, -0.1) is 0 Å². The summed E-state index contributed by atoms with van der Waals surface area (Å²) in [5.74, 6) is 1.07. The van der Waals surface area contributed by atoms with Gasteiger partial charge in [-0.2, -0.15) is 0 Å². The van der Waals surface area contributed by atoms with Crippen LogP contribution in [0.1, 0.15) is 33.3 Å². The van der Waals surface area contributed by atoms with Crippen LogP contribution in [-0.2, 0) is 10.2 Å². The van der Waals surface area contributed by atoms with E-state index in [1.54, 1.807) is 14.0 Å². The van der Waals surface area contributed by atoms with Crippen LogP contribution in [0.4, 0.5) is 5.69 Å². The highest BCUT2D eigenvalue weighted by Crippen LogP contribution is 2.31. The van der Waals surface area contributed by atoms with E-state index in [1.807, 2.05) is 48.5 Å². The molecule has 1 N–H and O–H groups in total. The highest BCUT2D eigenvalue weighted by molar-refractivity contribution is 5.95. The Bertz CT molecular complexity index is 690. The second-order valence-corrected chi connectivity index (χ2v) is 6.73. The number of nitrogens with one attached hydrogen (secondary N) is 1. The molecule has 0 heterocycles. The van der Waals surface area contributed by atoms with Gasteiger partial charge in [-0.05, 0) is 42.2 Å². The molecule has 2 aromatic carbocycles. The van der Waals surface area contributed by atoms with Crippen molar-refractivity contribution in [1.82, 2.24) is 0 Å². The summed E-state index contributed by atoms with van der Waals surface area (Å²) in [5, 5.41) is 2.91. The summed E-state index contributed by atoms with van der Waals surface area (Å²) < 4.78 is 11.0. The summed E-state index contributed by atoms with van der Waals surface area (Å²) >= 11 is 0. The third-order valence-electron chi connectivity index (χ3n) is 3.75. The van der Waals surface area contributed by atoms with Gasteiger partial charge in [0.15, 0.2) is 6.10 Å². The van der Waals surface area contributed by atoms with Crippen LogP contribution >= 0.6 is 0 Å². The minimum absolute atomic E-state index is 0.0160. The molecule has 1 amide bonds. The van der Waals surface area contributed by atoms with E-state index in [1.165, 1.54) is 0 Å². The van der Waals surface area contributed by atoms with Crippen LogP contribution in [-0.4, -0.2) is 19.1 Å². The molecule has 0 radical (unpaired) electrons. The number of ether oxygens (including phenoxy) is 2. The summed E-state index contributed by atoms with van der Waals surface area (Å²) in [6.45, 7) is 8.10. The number of carbonyl (C=O) groups excluding carboxylic acids is 1. The number of carbonyl (C=O) groups is 1. The predicted octanol–water partition coefficient (Wildman–Crippen LogP) is 4.40. The van der Waals surface area contributed by atoms with Gasteiger partial charge in [-0.25, -0.2) is 0 Å². The van der Waals surface area contributed by atoms with Crippen molar-refractivity contribution >= 4 is 11.6 Å². The monoisotopic (exact) mass is 327 g/mol. The lowest BCUT2D eigenvalue weighted by atomic mass is 9.87. The van der Waals surface area contributed by atoms with Crippen molar-refractivity contribution in [2.45, 2.75) is 39.2 Å². The smallest absolute Gasteiger partial charge is 0.265 e. The molecule has 24 heavy (non-hydrogen) atoms. The number of hydrogen-bond donors (Lipinski definition) is 1. The van der Waals surface area contributed by atoms with E-state index in [0.717, 1.165) is 5.56 Å². The average molecular weight is 327 g/mol. The third-order valence-corrected chi connectivity index (χ3v) is 3.75. The molecule has 2 rings (SSSR count). The van der Waals surface area contributed by atoms with E-state index < -0.39 is 6.10 Å². The van der Waals surface area contributed by atoms with Crippen molar-refractivity contribution in [1.29, 1.82) is 0 Å². The third kappa shape index (κ3) is 4.51. The molecule has 2 aromatic rings. The van der Waals surface area contributed by atoms with Gasteiger partial charge in [0.2, 0.25) is 0 Å². The second-order valence-electron chi connectivity index (χ2n) is 6.73. The van der Waals surface area contributed by atoms with Crippen LogP contribution in [0.15, 0.2) is 48.5 Å². The zero-order valence-corrected chi connectivity index (χ0v) is 14.9. The summed E-state index contributed by atoms with van der Waals surface area (Å²) in [6, 6.07) is 15.1. The molecular formula is C20H25NO3. The van der Waals surface area contributed by atoms with E-state index in [0.29, 0.717) is 17.2 Å². The molecule has 128 valence electrons. The molecule has 0 bridgehead atoms. The van der Waals surface area contributed by atoms with Crippen molar-refractivity contribution < 1.29 is 14.3 Å². The standard InChI is InChI=1S/C20H25NO3/c1-14(24-16-9-7-6-8-10-16)19(22)21-17-13-15(20(2,3)4)11-12-18(17)23-5/h6-14H,1-5H3,(H,21,22)/t14-/m1/s1. The lowest BCUT2D eigenvalue weighted by molar-refractivity contribution is -0.122. The molecular weight excluding hydrogens is 302 g/mol. The molecule has 0 spiro atoms. The molecule has 0 saturated carbocycles. The summed E-state index contributed by atoms with van der Waals surface area (Å²) in [5.41, 5.74) is 1.76. The SMILES string of the molecule is COc1ccc(C(C)(C)C)cc1NC(=O)[C@@H](C)Oc1ccccc1. The van der Waals surface area contributed by atoms with Crippen molar-refractivity contribution in [3.8, 4) is 11.5 Å². The van der Waals surface area contributed by atoms with Gasteiger partial charge < -0.3 is 14.8 Å². The normalized spacial score (nSPS) is 12.4. The fourth-order valence-corrected chi connectivity index (χ4v) is 2.26. The molecule has 4 nitrogen and oxygen atoms in total. The van der Waals surface area contributed by atoms with Crippen molar-refractivity contribution in [2.24, 2.45) is 0 Å². The number of amides is 1. The van der Waals surface area contributed by atoms with Crippen LogP contribution in [0.3, 0.4) is 0 Å². The van der Waals surface area contributed by atoms with Gasteiger partial charge in [0.25, 0.3) is 5.91 Å². The second kappa shape index (κ2) is 7.39. The molecule has 0 saturated heterocycles. The van der Waals surface area contributed by atoms with E-state index in [2.05, 4.69) is 26.1 Å². The number of rotatable bonds is 5. The number of para-hydroxylation sites is 1. The maximum atomic E-state index is 12.5. The molecule has 0 aliphatic rings. The lowest BCUT2D eigenvalue weighted by Crippen LogP contribution is -2.30. The highest BCUT2D eigenvalue weighted by Gasteiger charge is 2.20. The van der Waals surface area contributed by atoms with Crippen molar-refractivity contribution in [2.75, 3.05) is 12.4 Å². The molecule has 0 aromatic heterocycles. The van der Waals surface area contributed by atoms with Gasteiger partial charge in [0.1, 0.15) is 11.5 Å². The fraction of sp³-hybridized carbons (Fsp3) is 0.350. The van der Waals surface area contributed by atoms with Crippen molar-refractivity contribution in [3.63, 3.8) is 0 Å². The molecule has 1 atom stereocenters. The van der Waals surface area contributed by atoms with E-state index in [9.17, 15) is 4.79 Å². The van der Waals surface area contributed by atoms with Crippen LogP contribution in [0, 0.1) is 0 Å². The summed E-state index contributed by atoms with van der Waals surface area (Å²) in [4.78, 5) is 12.5. The van der Waals surface area contributed by atoms with Crippen LogP contribution in [0.25, 0.3) is 0 Å². The minimum Gasteiger partial charge on any atom is -0.495 e. The van der Waals surface area contributed by atoms with Crippen LogP contribution in [0.2, 0.25) is 0 Å². The largest absolute Gasteiger partial charge is 0.495 e. The summed E-state index contributed by atoms with van der Waals surface area (Å²) in [6.07, 6.45) is -0.615. The Hall–Kier alpha value is -2.49. The Morgan fingerprint density at radius 3 is 2.33 bits per heavy atom. The Kier molecular flexibility index (Phi) is 5.50. The van der Waals surface area contributed by atoms with Gasteiger partial charge in [-0.1, -0.05) is 45.0 Å². The Balaban J connectivity index is 2.15. The molecule has 0 fully saturated rings. The number of hydrogen-bond acceptors (Lipinski definition) is 3. The van der Waals surface area contributed by atoms with Crippen LogP contribution in [0.5, 0.6) is 11.5 Å². The quantitative estimate of drug-likeness (QED) is 0.885. The highest BCUT2D eigenvalue weighted by atomic mass is 16.5. The maximum absolute atomic E-state index is 12.5. The van der Waals surface area contributed by atoms with Gasteiger partial charge >= 0.3 is 0 Å². The number of methoxy groups -OCH3 is 1. The first kappa shape index (κ1) is 17.9. The van der Waals surface area contributed by atoms with Crippen molar-refractivity contribution in [3.05, 3.63) is 54.1 Å². The molecule has 0 aliphatic carbocycles. The number of anilines is 1. The predicted molar refractivity (Wildman–Crippen MR) is 96.9 cm³/mol. The van der Waals surface area contributed by atoms with Gasteiger partial charge in [-0.3, -0.25) is 4.79 Å². The topological polar surface area (TPSA) is 47.6 Å². The van der Waals surface area contributed by atoms with E-state index in [4.69, 9.17) is 9.47 Å².